The minimum atomic E-state index is -0.900. The highest BCUT2D eigenvalue weighted by Gasteiger charge is 2.17. The molecule has 3 heterocycles. The average molecular weight is 447 g/mol. The number of halogens is 1. The molecule has 0 fully saturated rings. The lowest BCUT2D eigenvalue weighted by atomic mass is 10.1. The molecule has 0 N–H and O–H groups in total. The molecule has 160 valence electrons. The third-order valence-electron chi connectivity index (χ3n) is 5.13. The zero-order chi connectivity index (χ0) is 22.1. The molecule has 0 saturated carbocycles. The minimum absolute atomic E-state index is 0.148. The van der Waals surface area contributed by atoms with Crippen molar-refractivity contribution in [1.29, 1.82) is 0 Å². The fourth-order valence-electron chi connectivity index (χ4n) is 3.64. The van der Waals surface area contributed by atoms with E-state index < -0.39 is 6.86 Å². The van der Waals surface area contributed by atoms with E-state index >= 15 is 0 Å². The van der Waals surface area contributed by atoms with Crippen LogP contribution in [0.25, 0.3) is 27.0 Å². The molecule has 0 unspecified atom stereocenters. The molecule has 2 aromatic carbocycles. The highest BCUT2D eigenvalue weighted by atomic mass is 32.1. The molecule has 8 heteroatoms. The number of nitrogens with zero attached hydrogens (tertiary/aromatic N) is 4. The molecule has 0 atom stereocenters. The van der Waals surface area contributed by atoms with Crippen molar-refractivity contribution in [3.05, 3.63) is 94.1 Å². The van der Waals surface area contributed by atoms with E-state index in [0.29, 0.717) is 28.2 Å². The van der Waals surface area contributed by atoms with E-state index in [2.05, 4.69) is 22.2 Å². The normalized spacial score (nSPS) is 11.2. The van der Waals surface area contributed by atoms with Crippen LogP contribution in [0.5, 0.6) is 5.75 Å². The van der Waals surface area contributed by atoms with Gasteiger partial charge >= 0.3 is 0 Å². The van der Waals surface area contributed by atoms with Crippen molar-refractivity contribution in [3.8, 4) is 22.6 Å². The second-order valence-corrected chi connectivity index (χ2v) is 8.49. The van der Waals surface area contributed by atoms with Gasteiger partial charge in [0.1, 0.15) is 10.4 Å². The predicted molar refractivity (Wildman–Crippen MR) is 123 cm³/mol. The van der Waals surface area contributed by atoms with E-state index in [1.54, 1.807) is 41.2 Å². The first-order valence-electron chi connectivity index (χ1n) is 10.0. The first-order valence-corrected chi connectivity index (χ1v) is 10.8. The minimum Gasteiger partial charge on any atom is -0.463 e. The summed E-state index contributed by atoms with van der Waals surface area (Å²) in [6.45, 7) is 1.64. The van der Waals surface area contributed by atoms with E-state index in [0.717, 1.165) is 21.7 Å². The Morgan fingerprint density at radius 1 is 1.06 bits per heavy atom. The summed E-state index contributed by atoms with van der Waals surface area (Å²) < 4.78 is 21.3. The molecule has 0 aliphatic carbocycles. The van der Waals surface area contributed by atoms with Crippen molar-refractivity contribution < 1.29 is 9.13 Å². The van der Waals surface area contributed by atoms with Gasteiger partial charge in [-0.1, -0.05) is 30.3 Å². The Balaban J connectivity index is 1.60. The van der Waals surface area contributed by atoms with Gasteiger partial charge in [-0.15, -0.1) is 11.3 Å². The molecule has 6 nitrogen and oxygen atoms in total. The smallest absolute Gasteiger partial charge is 0.274 e. The summed E-state index contributed by atoms with van der Waals surface area (Å²) in [5, 5.41) is 5.33. The summed E-state index contributed by atoms with van der Waals surface area (Å²) in [4.78, 5) is 17.8. The van der Waals surface area contributed by atoms with Crippen LogP contribution in [0, 0.1) is 6.92 Å². The fourth-order valence-corrected chi connectivity index (χ4v) is 4.51. The van der Waals surface area contributed by atoms with Crippen LogP contribution in [-0.2, 0) is 6.54 Å². The van der Waals surface area contributed by atoms with Crippen LogP contribution in [0.2, 0.25) is 0 Å². The van der Waals surface area contributed by atoms with Gasteiger partial charge in [0.05, 0.1) is 23.3 Å². The number of aryl methyl sites for hydroxylation is 1. The number of fused-ring (bicyclic) bond motifs is 1. The Labute approximate surface area is 187 Å². The number of pyridine rings is 1. The standard InChI is InChI=1S/C24H19FN4O2S/c1-16-27-22-21(18-11-26-28(13-18)12-17-5-3-2-4-6-17)14-29(24(30)23(22)32-16)19-7-9-20(10-8-19)31-15-25/h2-11,13-14H,12,15H2,1H3. The van der Waals surface area contributed by atoms with E-state index in [9.17, 15) is 9.18 Å². The lowest BCUT2D eigenvalue weighted by molar-refractivity contribution is 0.192. The number of thiazole rings is 1. The molecule has 0 bridgehead atoms. The molecule has 0 aliphatic heterocycles. The summed E-state index contributed by atoms with van der Waals surface area (Å²) in [6, 6.07) is 16.8. The third-order valence-corrected chi connectivity index (χ3v) is 6.09. The van der Waals surface area contributed by atoms with Crippen molar-refractivity contribution >= 4 is 21.6 Å². The lowest BCUT2D eigenvalue weighted by Gasteiger charge is -2.10. The van der Waals surface area contributed by atoms with Crippen LogP contribution in [0.4, 0.5) is 4.39 Å². The largest absolute Gasteiger partial charge is 0.463 e. The van der Waals surface area contributed by atoms with Gasteiger partial charge in [-0.05, 0) is 36.8 Å². The zero-order valence-electron chi connectivity index (χ0n) is 17.2. The Bertz CT molecular complexity index is 1440. The second-order valence-electron chi connectivity index (χ2n) is 7.29. The summed E-state index contributed by atoms with van der Waals surface area (Å²) in [5.41, 5.74) is 4.04. The predicted octanol–water partition coefficient (Wildman–Crippen LogP) is 4.97. The van der Waals surface area contributed by atoms with Crippen molar-refractivity contribution in [2.24, 2.45) is 0 Å². The van der Waals surface area contributed by atoms with Gasteiger partial charge in [-0.3, -0.25) is 14.0 Å². The van der Waals surface area contributed by atoms with Gasteiger partial charge in [0.25, 0.3) is 5.56 Å². The Kier molecular flexibility index (Phi) is 5.28. The maximum Gasteiger partial charge on any atom is 0.274 e. The first-order chi connectivity index (χ1) is 15.6. The number of aromatic nitrogens is 4. The Morgan fingerprint density at radius 2 is 1.84 bits per heavy atom. The molecule has 0 radical (unpaired) electrons. The molecular formula is C24H19FN4O2S. The van der Waals surface area contributed by atoms with E-state index in [1.165, 1.54) is 11.3 Å². The molecule has 0 saturated heterocycles. The van der Waals surface area contributed by atoms with Crippen LogP contribution in [0.15, 0.2) is 78.0 Å². The van der Waals surface area contributed by atoms with Crippen LogP contribution >= 0.6 is 11.3 Å². The molecule has 0 amide bonds. The van der Waals surface area contributed by atoms with Crippen molar-refractivity contribution in [2.75, 3.05) is 6.86 Å². The molecule has 0 aliphatic rings. The van der Waals surface area contributed by atoms with E-state index in [1.807, 2.05) is 36.0 Å². The van der Waals surface area contributed by atoms with Crippen LogP contribution in [0.1, 0.15) is 10.6 Å². The lowest BCUT2D eigenvalue weighted by Crippen LogP contribution is -2.17. The number of alkyl halides is 1. The van der Waals surface area contributed by atoms with Gasteiger partial charge in [-0.2, -0.15) is 5.10 Å². The van der Waals surface area contributed by atoms with Crippen LogP contribution < -0.4 is 10.3 Å². The van der Waals surface area contributed by atoms with Gasteiger partial charge < -0.3 is 4.74 Å². The van der Waals surface area contributed by atoms with Gasteiger partial charge in [-0.25, -0.2) is 9.37 Å². The SMILES string of the molecule is Cc1nc2c(-c3cnn(Cc4ccccc4)c3)cn(-c3ccc(OCF)cc3)c(=O)c2s1. The van der Waals surface area contributed by atoms with Crippen molar-refractivity contribution in [3.63, 3.8) is 0 Å². The highest BCUT2D eigenvalue weighted by molar-refractivity contribution is 7.18. The Hall–Kier alpha value is -3.78. The maximum atomic E-state index is 13.2. The number of benzene rings is 2. The van der Waals surface area contributed by atoms with Gasteiger partial charge in [0.15, 0.2) is 0 Å². The highest BCUT2D eigenvalue weighted by Crippen LogP contribution is 2.30. The average Bonchev–Trinajstić information content (AvgIpc) is 3.42. The molecule has 0 spiro atoms. The number of hydrogen-bond acceptors (Lipinski definition) is 5. The van der Waals surface area contributed by atoms with Crippen molar-refractivity contribution in [1.82, 2.24) is 19.3 Å². The summed E-state index contributed by atoms with van der Waals surface area (Å²) in [5.74, 6) is 0.404. The number of hydrogen-bond donors (Lipinski definition) is 0. The molecule has 5 rings (SSSR count). The third kappa shape index (κ3) is 3.80. The monoisotopic (exact) mass is 446 g/mol. The number of rotatable bonds is 6. The van der Waals surface area contributed by atoms with Crippen LogP contribution in [0.3, 0.4) is 0 Å². The summed E-state index contributed by atoms with van der Waals surface area (Å²) >= 11 is 1.37. The second kappa shape index (κ2) is 8.39. The van der Waals surface area contributed by atoms with E-state index in [-0.39, 0.29) is 5.56 Å². The topological polar surface area (TPSA) is 61.9 Å². The van der Waals surface area contributed by atoms with Crippen LogP contribution in [-0.4, -0.2) is 26.2 Å². The fraction of sp³-hybridized carbons (Fsp3) is 0.125. The molecular weight excluding hydrogens is 427 g/mol. The first kappa shape index (κ1) is 20.1. The zero-order valence-corrected chi connectivity index (χ0v) is 18.1. The summed E-state index contributed by atoms with van der Waals surface area (Å²) in [7, 11) is 0. The van der Waals surface area contributed by atoms with Crippen molar-refractivity contribution in [2.45, 2.75) is 13.5 Å². The molecule has 32 heavy (non-hydrogen) atoms. The van der Waals surface area contributed by atoms with E-state index in [4.69, 9.17) is 4.74 Å². The quantitative estimate of drug-likeness (QED) is 0.369. The molecule has 3 aromatic heterocycles. The number of ether oxygens (including phenoxy) is 1. The Morgan fingerprint density at radius 3 is 2.59 bits per heavy atom. The van der Waals surface area contributed by atoms with Gasteiger partial charge in [0, 0.05) is 29.2 Å². The maximum absolute atomic E-state index is 13.2. The summed E-state index contributed by atoms with van der Waals surface area (Å²) in [6.07, 6.45) is 5.54. The van der Waals surface area contributed by atoms with Gasteiger partial charge in [0.2, 0.25) is 6.86 Å². The molecule has 5 aromatic rings.